The molecule has 3 N–H and O–H groups in total. The van der Waals surface area contributed by atoms with Crippen LogP contribution in [0.5, 0.6) is 5.75 Å². The summed E-state index contributed by atoms with van der Waals surface area (Å²) in [5.41, 5.74) is 2.28. The number of benzene rings is 1. The van der Waals surface area contributed by atoms with Crippen molar-refractivity contribution in [3.05, 3.63) is 35.4 Å². The normalized spacial score (nSPS) is 19.1. The molecule has 1 aliphatic rings. The number of allylic oxidation sites excluding steroid dienone is 1. The molecular weight excluding hydrogens is 200 g/mol. The molecule has 1 fully saturated rings. The Morgan fingerprint density at radius 2 is 1.88 bits per heavy atom. The number of phenolic OH excluding ortho intramolecular Hbond substituents is 1. The van der Waals surface area contributed by atoms with Crippen LogP contribution in [-0.2, 0) is 0 Å². The van der Waals surface area contributed by atoms with Gasteiger partial charge in [0.05, 0.1) is 11.4 Å². The molecule has 0 aliphatic heterocycles. The summed E-state index contributed by atoms with van der Waals surface area (Å²) in [6.45, 7) is 0. The Bertz CT molecular complexity index is 475. The fourth-order valence-corrected chi connectivity index (χ4v) is 1.84. The molecule has 3 nitrogen and oxygen atoms in total. The van der Waals surface area contributed by atoms with Crippen LogP contribution in [0.1, 0.15) is 24.8 Å². The van der Waals surface area contributed by atoms with Crippen molar-refractivity contribution in [2.24, 2.45) is 0 Å². The smallest absolute Gasteiger partial charge is 0.122 e. The summed E-state index contributed by atoms with van der Waals surface area (Å²) in [5.74, 6) is 0.222. The van der Waals surface area contributed by atoms with E-state index in [0.29, 0.717) is 17.8 Å². The second kappa shape index (κ2) is 4.31. The van der Waals surface area contributed by atoms with E-state index in [-0.39, 0.29) is 5.75 Å². The van der Waals surface area contributed by atoms with Crippen LogP contribution in [0, 0.1) is 10.8 Å². The lowest BCUT2D eigenvalue weighted by Crippen LogP contribution is -2.19. The Morgan fingerprint density at radius 1 is 1.12 bits per heavy atom. The minimum atomic E-state index is 0.222. The van der Waals surface area contributed by atoms with Gasteiger partial charge in [0, 0.05) is 5.56 Å². The number of aromatic hydroxyl groups is 1. The molecule has 0 saturated heterocycles. The van der Waals surface area contributed by atoms with Gasteiger partial charge in [-0.05, 0) is 37.0 Å². The largest absolute Gasteiger partial charge is 0.507 e. The van der Waals surface area contributed by atoms with Gasteiger partial charge in [0.2, 0.25) is 0 Å². The van der Waals surface area contributed by atoms with Gasteiger partial charge in [-0.2, -0.15) is 0 Å². The molecule has 0 spiro atoms. The zero-order valence-electron chi connectivity index (χ0n) is 8.96. The molecule has 0 unspecified atom stereocenters. The highest BCUT2D eigenvalue weighted by molar-refractivity contribution is 6.47. The molecule has 1 aromatic carbocycles. The van der Waals surface area contributed by atoms with Crippen LogP contribution < -0.4 is 0 Å². The second-order valence-corrected chi connectivity index (χ2v) is 3.94. The van der Waals surface area contributed by atoms with Gasteiger partial charge in [0.1, 0.15) is 5.75 Å². The molecule has 0 amide bonds. The van der Waals surface area contributed by atoms with Crippen LogP contribution in [0.15, 0.2) is 29.8 Å². The lowest BCUT2D eigenvalue weighted by molar-refractivity contribution is 0.474. The first kappa shape index (κ1) is 10.6. The molecule has 82 valence electrons. The minimum absolute atomic E-state index is 0.222. The fraction of sp³-hybridized carbons (Fsp3) is 0.231. The van der Waals surface area contributed by atoms with Crippen LogP contribution in [0.25, 0.3) is 6.08 Å². The highest BCUT2D eigenvalue weighted by atomic mass is 16.3. The zero-order chi connectivity index (χ0) is 11.5. The van der Waals surface area contributed by atoms with E-state index in [4.69, 9.17) is 10.8 Å². The van der Waals surface area contributed by atoms with Crippen molar-refractivity contribution >= 4 is 17.5 Å². The second-order valence-electron chi connectivity index (χ2n) is 3.94. The van der Waals surface area contributed by atoms with Crippen molar-refractivity contribution in [1.29, 1.82) is 10.8 Å². The van der Waals surface area contributed by atoms with E-state index < -0.39 is 0 Å². The number of para-hydroxylation sites is 1. The van der Waals surface area contributed by atoms with E-state index >= 15 is 0 Å². The summed E-state index contributed by atoms with van der Waals surface area (Å²) in [6.07, 6.45) is 4.23. The van der Waals surface area contributed by atoms with E-state index in [1.54, 1.807) is 12.1 Å². The Labute approximate surface area is 94.5 Å². The third-order valence-electron chi connectivity index (χ3n) is 2.76. The molecule has 16 heavy (non-hydrogen) atoms. The summed E-state index contributed by atoms with van der Waals surface area (Å²) < 4.78 is 0. The lowest BCUT2D eigenvalue weighted by atomic mass is 9.90. The predicted molar refractivity (Wildman–Crippen MR) is 65.4 cm³/mol. The standard InChI is InChI=1S/C13H14N2O/c14-11-6-3-5-10(13(11)15)8-9-4-1-2-7-12(9)16/h1-2,4,7-8,14-16H,3,5-6H2. The average molecular weight is 214 g/mol. The zero-order valence-corrected chi connectivity index (χ0v) is 8.96. The van der Waals surface area contributed by atoms with Gasteiger partial charge in [-0.15, -0.1) is 0 Å². The maximum absolute atomic E-state index is 9.62. The fourth-order valence-electron chi connectivity index (χ4n) is 1.84. The van der Waals surface area contributed by atoms with Gasteiger partial charge in [-0.3, -0.25) is 5.41 Å². The van der Waals surface area contributed by atoms with E-state index in [9.17, 15) is 5.11 Å². The van der Waals surface area contributed by atoms with Gasteiger partial charge < -0.3 is 10.5 Å². The van der Waals surface area contributed by atoms with E-state index in [0.717, 1.165) is 24.0 Å². The Hall–Kier alpha value is -1.90. The minimum Gasteiger partial charge on any atom is -0.507 e. The highest BCUT2D eigenvalue weighted by Crippen LogP contribution is 2.24. The third-order valence-corrected chi connectivity index (χ3v) is 2.76. The van der Waals surface area contributed by atoms with Crippen molar-refractivity contribution in [2.75, 3.05) is 0 Å². The van der Waals surface area contributed by atoms with Crippen molar-refractivity contribution in [3.8, 4) is 5.75 Å². The summed E-state index contributed by atoms with van der Waals surface area (Å²) >= 11 is 0. The first-order chi connectivity index (χ1) is 7.68. The first-order valence-corrected chi connectivity index (χ1v) is 5.34. The molecule has 0 aromatic heterocycles. The van der Waals surface area contributed by atoms with Gasteiger partial charge in [-0.1, -0.05) is 18.2 Å². The van der Waals surface area contributed by atoms with Gasteiger partial charge in [0.15, 0.2) is 0 Å². The maximum atomic E-state index is 9.62. The van der Waals surface area contributed by atoms with Crippen molar-refractivity contribution in [1.82, 2.24) is 0 Å². The molecule has 0 radical (unpaired) electrons. The summed E-state index contributed by atoms with van der Waals surface area (Å²) in [6, 6.07) is 7.06. The molecule has 2 rings (SSSR count). The van der Waals surface area contributed by atoms with E-state index in [2.05, 4.69) is 0 Å². The van der Waals surface area contributed by atoms with Gasteiger partial charge >= 0.3 is 0 Å². The monoisotopic (exact) mass is 214 g/mol. The number of hydrogen-bond donors (Lipinski definition) is 3. The van der Waals surface area contributed by atoms with E-state index in [1.165, 1.54) is 0 Å². The molecular formula is C13H14N2O. The van der Waals surface area contributed by atoms with Crippen molar-refractivity contribution in [3.63, 3.8) is 0 Å². The molecule has 0 atom stereocenters. The topological polar surface area (TPSA) is 67.9 Å². The van der Waals surface area contributed by atoms with Crippen LogP contribution >= 0.6 is 0 Å². The van der Waals surface area contributed by atoms with Crippen LogP contribution in [0.4, 0.5) is 0 Å². The Kier molecular flexibility index (Phi) is 2.86. The lowest BCUT2D eigenvalue weighted by Gasteiger charge is -2.16. The number of rotatable bonds is 1. The number of nitrogens with one attached hydrogen (secondary N) is 2. The Morgan fingerprint density at radius 3 is 2.62 bits per heavy atom. The molecule has 1 aliphatic carbocycles. The van der Waals surface area contributed by atoms with Gasteiger partial charge in [-0.25, -0.2) is 0 Å². The quantitative estimate of drug-likeness (QED) is 0.661. The summed E-state index contributed by atoms with van der Waals surface area (Å²) in [4.78, 5) is 0. The molecule has 1 aromatic rings. The van der Waals surface area contributed by atoms with Crippen LogP contribution in [-0.4, -0.2) is 16.5 Å². The van der Waals surface area contributed by atoms with Gasteiger partial charge in [0.25, 0.3) is 0 Å². The van der Waals surface area contributed by atoms with Crippen LogP contribution in [0.2, 0.25) is 0 Å². The maximum Gasteiger partial charge on any atom is 0.122 e. The van der Waals surface area contributed by atoms with Crippen LogP contribution in [0.3, 0.4) is 0 Å². The summed E-state index contributed by atoms with van der Waals surface area (Å²) in [7, 11) is 0. The average Bonchev–Trinajstić information content (AvgIpc) is 2.28. The third kappa shape index (κ3) is 2.03. The predicted octanol–water partition coefficient (Wildman–Crippen LogP) is 3.00. The molecule has 0 heterocycles. The summed E-state index contributed by atoms with van der Waals surface area (Å²) in [5, 5.41) is 25.0. The SMILES string of the molecule is N=C1CCCC(=Cc2ccccc2O)C1=N. The van der Waals surface area contributed by atoms with E-state index in [1.807, 2.05) is 18.2 Å². The van der Waals surface area contributed by atoms with Crippen molar-refractivity contribution < 1.29 is 5.11 Å². The molecule has 0 bridgehead atoms. The molecule has 3 heteroatoms. The molecule has 1 saturated carbocycles. The first-order valence-electron chi connectivity index (χ1n) is 5.34. The number of phenols is 1. The Balaban J connectivity index is 2.34. The number of hydrogen-bond acceptors (Lipinski definition) is 3. The highest BCUT2D eigenvalue weighted by Gasteiger charge is 2.16. The van der Waals surface area contributed by atoms with Crippen molar-refractivity contribution in [2.45, 2.75) is 19.3 Å².